The van der Waals surface area contributed by atoms with Crippen LogP contribution in [-0.4, -0.2) is 19.0 Å². The molecule has 0 radical (unpaired) electrons. The van der Waals surface area contributed by atoms with Gasteiger partial charge in [0.2, 0.25) is 0 Å². The molecule has 0 fully saturated rings. The highest BCUT2D eigenvalue weighted by molar-refractivity contribution is 6.31. The summed E-state index contributed by atoms with van der Waals surface area (Å²) in [5.74, 6) is -0.00815. The molecule has 3 nitrogen and oxygen atoms in total. The molecule has 2 aromatic carbocycles. The van der Waals surface area contributed by atoms with E-state index in [1.807, 2.05) is 18.2 Å². The number of hydrogen-bond acceptors (Lipinski definition) is 3. The zero-order valence-electron chi connectivity index (χ0n) is 14.3. The Kier molecular flexibility index (Phi) is 6.08. The standard InChI is InChI=1S/C19H22ClFO3/c1-11(2)14-7-13(5-6-18(14)24-10-23-4)8-15-12(3)19(21)17(22)9-16(15)20/h5-7,9,11,22H,8,10H2,1-4H3. The van der Waals surface area contributed by atoms with Crippen LogP contribution in [0.15, 0.2) is 24.3 Å². The van der Waals surface area contributed by atoms with Crippen LogP contribution in [0.3, 0.4) is 0 Å². The number of phenols is 1. The Morgan fingerprint density at radius 1 is 1.25 bits per heavy atom. The van der Waals surface area contributed by atoms with Crippen molar-refractivity contribution in [3.8, 4) is 11.5 Å². The number of rotatable bonds is 6. The summed E-state index contributed by atoms with van der Waals surface area (Å²) in [6.45, 7) is 5.97. The van der Waals surface area contributed by atoms with Gasteiger partial charge in [0.15, 0.2) is 18.4 Å². The summed E-state index contributed by atoms with van der Waals surface area (Å²) in [7, 11) is 1.58. The molecule has 0 unspecified atom stereocenters. The van der Waals surface area contributed by atoms with E-state index < -0.39 is 11.6 Å². The first-order valence-corrected chi connectivity index (χ1v) is 8.14. The predicted octanol–water partition coefficient (Wildman–Crippen LogP) is 5.19. The van der Waals surface area contributed by atoms with Gasteiger partial charge in [-0.15, -0.1) is 0 Å². The molecule has 1 N–H and O–H groups in total. The van der Waals surface area contributed by atoms with E-state index >= 15 is 0 Å². The molecule has 2 rings (SSSR count). The first-order chi connectivity index (χ1) is 11.3. The smallest absolute Gasteiger partial charge is 0.188 e. The number of ether oxygens (including phenoxy) is 2. The third-order valence-corrected chi connectivity index (χ3v) is 4.31. The fraction of sp³-hybridized carbons (Fsp3) is 0.368. The molecule has 24 heavy (non-hydrogen) atoms. The Balaban J connectivity index is 2.37. The normalized spacial score (nSPS) is 11.1. The van der Waals surface area contributed by atoms with E-state index in [4.69, 9.17) is 21.1 Å². The molecule has 0 atom stereocenters. The van der Waals surface area contributed by atoms with E-state index in [1.54, 1.807) is 14.0 Å². The third-order valence-electron chi connectivity index (χ3n) is 3.97. The van der Waals surface area contributed by atoms with Crippen molar-refractivity contribution in [3.63, 3.8) is 0 Å². The number of benzene rings is 2. The van der Waals surface area contributed by atoms with Gasteiger partial charge in [0.05, 0.1) is 0 Å². The topological polar surface area (TPSA) is 38.7 Å². The van der Waals surface area contributed by atoms with E-state index in [1.165, 1.54) is 6.07 Å². The van der Waals surface area contributed by atoms with Crippen LogP contribution in [0.25, 0.3) is 0 Å². The first kappa shape index (κ1) is 18.6. The first-order valence-electron chi connectivity index (χ1n) is 7.76. The summed E-state index contributed by atoms with van der Waals surface area (Å²) < 4.78 is 24.5. The van der Waals surface area contributed by atoms with Crippen LogP contribution in [0.5, 0.6) is 11.5 Å². The average Bonchev–Trinajstić information content (AvgIpc) is 2.55. The molecule has 0 bridgehead atoms. The molecule has 0 saturated heterocycles. The van der Waals surface area contributed by atoms with Crippen molar-refractivity contribution in [2.75, 3.05) is 13.9 Å². The lowest BCUT2D eigenvalue weighted by Gasteiger charge is -2.16. The Bertz CT molecular complexity index is 729. The Labute approximate surface area is 147 Å². The fourth-order valence-electron chi connectivity index (χ4n) is 2.61. The SMILES string of the molecule is COCOc1ccc(Cc2c(Cl)cc(O)c(F)c2C)cc1C(C)C. The predicted molar refractivity (Wildman–Crippen MR) is 93.7 cm³/mol. The van der Waals surface area contributed by atoms with E-state index in [-0.39, 0.29) is 12.7 Å². The molecule has 0 aliphatic rings. The largest absolute Gasteiger partial charge is 0.505 e. The van der Waals surface area contributed by atoms with Gasteiger partial charge in [-0.1, -0.05) is 37.6 Å². The summed E-state index contributed by atoms with van der Waals surface area (Å²) >= 11 is 6.19. The molecule has 5 heteroatoms. The molecular formula is C19H22ClFO3. The molecule has 2 aromatic rings. The molecule has 0 spiro atoms. The second-order valence-electron chi connectivity index (χ2n) is 6.05. The monoisotopic (exact) mass is 352 g/mol. The molecule has 0 aromatic heterocycles. The number of methoxy groups -OCH3 is 1. The van der Waals surface area contributed by atoms with E-state index in [2.05, 4.69) is 13.8 Å². The van der Waals surface area contributed by atoms with Crippen LogP contribution < -0.4 is 4.74 Å². The minimum atomic E-state index is -0.626. The molecule has 0 aliphatic heterocycles. The minimum absolute atomic E-state index is 0.188. The third kappa shape index (κ3) is 4.00. The van der Waals surface area contributed by atoms with Crippen LogP contribution >= 0.6 is 11.6 Å². The molecule has 0 amide bonds. The highest BCUT2D eigenvalue weighted by atomic mass is 35.5. The van der Waals surface area contributed by atoms with Gasteiger partial charge in [-0.3, -0.25) is 0 Å². The lowest BCUT2D eigenvalue weighted by molar-refractivity contribution is 0.0502. The quantitative estimate of drug-likeness (QED) is 0.727. The molecule has 130 valence electrons. The highest BCUT2D eigenvalue weighted by Gasteiger charge is 2.16. The lowest BCUT2D eigenvalue weighted by Crippen LogP contribution is -2.04. The zero-order chi connectivity index (χ0) is 17.9. The van der Waals surface area contributed by atoms with Gasteiger partial charge >= 0.3 is 0 Å². The van der Waals surface area contributed by atoms with Gasteiger partial charge in [0.1, 0.15) is 5.75 Å². The maximum Gasteiger partial charge on any atom is 0.188 e. The van der Waals surface area contributed by atoms with Gasteiger partial charge in [0, 0.05) is 18.2 Å². The van der Waals surface area contributed by atoms with Crippen molar-refractivity contribution in [2.24, 2.45) is 0 Å². The molecular weight excluding hydrogens is 331 g/mol. The van der Waals surface area contributed by atoms with Gasteiger partial charge in [-0.05, 0) is 47.6 Å². The Morgan fingerprint density at radius 3 is 2.58 bits per heavy atom. The molecule has 0 aliphatic carbocycles. The van der Waals surface area contributed by atoms with E-state index in [0.29, 0.717) is 22.6 Å². The zero-order valence-corrected chi connectivity index (χ0v) is 15.1. The van der Waals surface area contributed by atoms with Gasteiger partial charge in [-0.25, -0.2) is 4.39 Å². The number of aromatic hydroxyl groups is 1. The van der Waals surface area contributed by atoms with E-state index in [9.17, 15) is 9.50 Å². The van der Waals surface area contributed by atoms with Crippen molar-refractivity contribution in [3.05, 3.63) is 57.4 Å². The average molecular weight is 353 g/mol. The second kappa shape index (κ2) is 7.86. The van der Waals surface area contributed by atoms with Crippen molar-refractivity contribution >= 4 is 11.6 Å². The lowest BCUT2D eigenvalue weighted by atomic mass is 9.95. The van der Waals surface area contributed by atoms with Crippen LogP contribution in [0, 0.1) is 12.7 Å². The van der Waals surface area contributed by atoms with Gasteiger partial charge in [0.25, 0.3) is 0 Å². The van der Waals surface area contributed by atoms with Crippen LogP contribution in [-0.2, 0) is 11.2 Å². The summed E-state index contributed by atoms with van der Waals surface area (Å²) in [5.41, 5.74) is 3.09. The maximum atomic E-state index is 13.9. The summed E-state index contributed by atoms with van der Waals surface area (Å²) in [6.07, 6.45) is 0.478. The fourth-order valence-corrected chi connectivity index (χ4v) is 2.92. The summed E-state index contributed by atoms with van der Waals surface area (Å²) in [4.78, 5) is 0. The Morgan fingerprint density at radius 2 is 1.96 bits per heavy atom. The van der Waals surface area contributed by atoms with Crippen LogP contribution in [0.2, 0.25) is 5.02 Å². The van der Waals surface area contributed by atoms with E-state index in [0.717, 1.165) is 16.9 Å². The van der Waals surface area contributed by atoms with Crippen LogP contribution in [0.4, 0.5) is 4.39 Å². The molecule has 0 saturated carbocycles. The van der Waals surface area contributed by atoms with Gasteiger partial charge < -0.3 is 14.6 Å². The highest BCUT2D eigenvalue weighted by Crippen LogP contribution is 2.33. The number of phenolic OH excluding ortho intramolecular Hbond substituents is 1. The minimum Gasteiger partial charge on any atom is -0.505 e. The number of hydrogen-bond donors (Lipinski definition) is 1. The van der Waals surface area contributed by atoms with Crippen LogP contribution in [0.1, 0.15) is 42.0 Å². The van der Waals surface area contributed by atoms with Gasteiger partial charge in [-0.2, -0.15) is 0 Å². The Hall–Kier alpha value is -1.78. The summed E-state index contributed by atoms with van der Waals surface area (Å²) in [5, 5.41) is 9.88. The van der Waals surface area contributed by atoms with Crippen molar-refractivity contribution < 1.29 is 19.0 Å². The maximum absolute atomic E-state index is 13.9. The van der Waals surface area contributed by atoms with Crippen molar-refractivity contribution in [1.82, 2.24) is 0 Å². The summed E-state index contributed by atoms with van der Waals surface area (Å²) in [6, 6.07) is 7.11. The molecule has 0 heterocycles. The van der Waals surface area contributed by atoms with Crippen molar-refractivity contribution in [1.29, 1.82) is 0 Å². The number of halogens is 2. The van der Waals surface area contributed by atoms with Crippen molar-refractivity contribution in [2.45, 2.75) is 33.1 Å². The second-order valence-corrected chi connectivity index (χ2v) is 6.46.